The fourth-order valence-corrected chi connectivity index (χ4v) is 4.21. The minimum atomic E-state index is -0.626. The zero-order chi connectivity index (χ0) is 24.7. The first-order valence-corrected chi connectivity index (χ1v) is 11.7. The highest BCUT2D eigenvalue weighted by Crippen LogP contribution is 2.27. The monoisotopic (exact) mass is 514 g/mol. The summed E-state index contributed by atoms with van der Waals surface area (Å²) >= 11 is 11.3. The molecule has 0 spiro atoms. The summed E-state index contributed by atoms with van der Waals surface area (Å²) in [7, 11) is 0. The first-order valence-electron chi connectivity index (χ1n) is 11.0. The van der Waals surface area contributed by atoms with E-state index in [0.717, 1.165) is 6.07 Å². The molecule has 1 fully saturated rings. The van der Waals surface area contributed by atoms with Gasteiger partial charge in [0, 0.05) is 31.1 Å². The molecule has 0 atom stereocenters. The van der Waals surface area contributed by atoms with Crippen molar-refractivity contribution in [3.63, 3.8) is 0 Å². The minimum absolute atomic E-state index is 0.00915. The van der Waals surface area contributed by atoms with Crippen LogP contribution in [0.5, 0.6) is 5.75 Å². The van der Waals surface area contributed by atoms with E-state index in [-0.39, 0.29) is 65.9 Å². The van der Waals surface area contributed by atoms with Gasteiger partial charge in [-0.1, -0.05) is 29.3 Å². The molecule has 2 N–H and O–H groups in total. The Hall–Kier alpha value is -2.42. The molecule has 1 aliphatic carbocycles. The van der Waals surface area contributed by atoms with Crippen molar-refractivity contribution in [2.75, 3.05) is 19.8 Å². The predicted molar refractivity (Wildman–Crippen MR) is 125 cm³/mol. The lowest BCUT2D eigenvalue weighted by atomic mass is 9.85. The van der Waals surface area contributed by atoms with Gasteiger partial charge in [-0.25, -0.2) is 8.78 Å². The van der Waals surface area contributed by atoms with Crippen LogP contribution in [0.15, 0.2) is 36.4 Å². The number of carbonyl (C=O) groups is 2. The van der Waals surface area contributed by atoms with Crippen molar-refractivity contribution in [3.8, 4) is 5.75 Å². The Morgan fingerprint density at radius 1 is 1.03 bits per heavy atom. The molecule has 2 amide bonds. The largest absolute Gasteiger partial charge is 0.484 e. The number of hydrogen-bond donors (Lipinski definition) is 2. The van der Waals surface area contributed by atoms with Gasteiger partial charge in [-0.3, -0.25) is 9.59 Å². The van der Waals surface area contributed by atoms with E-state index in [2.05, 4.69) is 5.32 Å². The van der Waals surface area contributed by atoms with Crippen LogP contribution in [0.25, 0.3) is 0 Å². The molecule has 2 aromatic rings. The SMILES string of the molecule is O=C(COc1ccc(Cl)c(F)c1)NC1CCC(C(=O)N(CCO)Cc2ccc(Cl)c(F)c2)CC1. The Kier molecular flexibility index (Phi) is 9.50. The van der Waals surface area contributed by atoms with Crippen LogP contribution in [0, 0.1) is 17.6 Å². The normalized spacial score (nSPS) is 17.8. The molecule has 0 heterocycles. The van der Waals surface area contributed by atoms with Crippen molar-refractivity contribution in [3.05, 3.63) is 63.6 Å². The van der Waals surface area contributed by atoms with Crippen molar-refractivity contribution < 1.29 is 28.2 Å². The maximum absolute atomic E-state index is 13.8. The molecule has 6 nitrogen and oxygen atoms in total. The number of carbonyl (C=O) groups excluding carboxylic acids is 2. The summed E-state index contributed by atoms with van der Waals surface area (Å²) in [5.41, 5.74) is 0.588. The molecule has 0 bridgehead atoms. The highest BCUT2D eigenvalue weighted by atomic mass is 35.5. The molecule has 0 unspecified atom stereocenters. The standard InChI is InChI=1S/C24H26Cl2F2N2O4/c25-19-7-1-15(11-21(19)27)13-30(9-10-31)24(33)16-2-4-17(5-3-16)29-23(32)14-34-18-6-8-20(26)22(28)12-18/h1,6-8,11-12,16-17,31H,2-5,9-10,13-14H2,(H,29,32). The molecule has 0 saturated heterocycles. The van der Waals surface area contributed by atoms with E-state index in [1.165, 1.54) is 29.2 Å². The van der Waals surface area contributed by atoms with Gasteiger partial charge in [0.15, 0.2) is 6.61 Å². The van der Waals surface area contributed by atoms with Crippen molar-refractivity contribution >= 4 is 35.0 Å². The molecule has 3 rings (SSSR count). The van der Waals surface area contributed by atoms with E-state index in [9.17, 15) is 23.5 Å². The molecule has 184 valence electrons. The second-order valence-corrected chi connectivity index (χ2v) is 9.03. The van der Waals surface area contributed by atoms with E-state index in [4.69, 9.17) is 27.9 Å². The molecular weight excluding hydrogens is 489 g/mol. The van der Waals surface area contributed by atoms with Gasteiger partial charge in [-0.05, 0) is 55.5 Å². The van der Waals surface area contributed by atoms with Crippen LogP contribution in [-0.4, -0.2) is 47.6 Å². The van der Waals surface area contributed by atoms with E-state index in [0.29, 0.717) is 31.2 Å². The van der Waals surface area contributed by atoms with E-state index in [1.54, 1.807) is 6.07 Å². The Morgan fingerprint density at radius 3 is 2.29 bits per heavy atom. The Labute approximate surface area is 206 Å². The van der Waals surface area contributed by atoms with Gasteiger partial charge in [0.2, 0.25) is 5.91 Å². The highest BCUT2D eigenvalue weighted by Gasteiger charge is 2.30. The van der Waals surface area contributed by atoms with E-state index in [1.807, 2.05) is 0 Å². The van der Waals surface area contributed by atoms with Crippen molar-refractivity contribution in [1.82, 2.24) is 10.2 Å². The number of nitrogens with one attached hydrogen (secondary N) is 1. The number of rotatable bonds is 9. The third-order valence-electron chi connectivity index (χ3n) is 5.74. The van der Waals surface area contributed by atoms with Crippen LogP contribution in [0.3, 0.4) is 0 Å². The topological polar surface area (TPSA) is 78.9 Å². The summed E-state index contributed by atoms with van der Waals surface area (Å²) < 4.78 is 32.5. The fraction of sp³-hybridized carbons (Fsp3) is 0.417. The fourth-order valence-electron chi connectivity index (χ4n) is 3.97. The molecule has 10 heteroatoms. The average molecular weight is 515 g/mol. The van der Waals surface area contributed by atoms with Gasteiger partial charge >= 0.3 is 0 Å². The molecule has 0 aromatic heterocycles. The van der Waals surface area contributed by atoms with E-state index >= 15 is 0 Å². The van der Waals surface area contributed by atoms with Gasteiger partial charge in [0.25, 0.3) is 5.91 Å². The first-order chi connectivity index (χ1) is 16.3. The van der Waals surface area contributed by atoms with Crippen LogP contribution >= 0.6 is 23.2 Å². The number of aliphatic hydroxyl groups excluding tert-OH is 1. The average Bonchev–Trinajstić information content (AvgIpc) is 2.82. The van der Waals surface area contributed by atoms with Crippen LogP contribution in [-0.2, 0) is 16.1 Å². The number of nitrogens with zero attached hydrogens (tertiary/aromatic N) is 1. The number of aliphatic hydroxyl groups is 1. The summed E-state index contributed by atoms with van der Waals surface area (Å²) in [6.45, 7) is -0.151. The minimum Gasteiger partial charge on any atom is -0.484 e. The molecule has 34 heavy (non-hydrogen) atoms. The number of ether oxygens (including phenoxy) is 1. The number of benzene rings is 2. The Morgan fingerprint density at radius 2 is 1.68 bits per heavy atom. The number of amides is 2. The van der Waals surface area contributed by atoms with E-state index < -0.39 is 11.6 Å². The quantitative estimate of drug-likeness (QED) is 0.521. The summed E-state index contributed by atoms with van der Waals surface area (Å²) in [5, 5.41) is 12.2. The second-order valence-electron chi connectivity index (χ2n) is 8.21. The van der Waals surface area contributed by atoms with Crippen LogP contribution in [0.4, 0.5) is 8.78 Å². The van der Waals surface area contributed by atoms with Gasteiger partial charge < -0.3 is 20.1 Å². The lowest BCUT2D eigenvalue weighted by Gasteiger charge is -2.32. The van der Waals surface area contributed by atoms with Crippen LogP contribution in [0.2, 0.25) is 10.0 Å². The number of hydrogen-bond acceptors (Lipinski definition) is 4. The summed E-state index contributed by atoms with van der Waals surface area (Å²) in [6.07, 6.45) is 2.37. The third kappa shape index (κ3) is 7.29. The second kappa shape index (κ2) is 12.3. The van der Waals surface area contributed by atoms with Crippen molar-refractivity contribution in [2.45, 2.75) is 38.3 Å². The zero-order valence-electron chi connectivity index (χ0n) is 18.4. The third-order valence-corrected chi connectivity index (χ3v) is 6.35. The molecule has 0 aliphatic heterocycles. The maximum atomic E-state index is 13.8. The van der Waals surface area contributed by atoms with Gasteiger partial charge in [0.05, 0.1) is 16.7 Å². The molecule has 0 radical (unpaired) electrons. The summed E-state index contributed by atoms with van der Waals surface area (Å²) in [5.74, 6) is -1.67. The Bertz CT molecular complexity index is 1020. The zero-order valence-corrected chi connectivity index (χ0v) is 19.9. The molecule has 1 aliphatic rings. The summed E-state index contributed by atoms with van der Waals surface area (Å²) in [4.78, 5) is 26.8. The van der Waals surface area contributed by atoms with Crippen LogP contribution in [0.1, 0.15) is 31.2 Å². The first kappa shape index (κ1) is 26.2. The maximum Gasteiger partial charge on any atom is 0.258 e. The van der Waals surface area contributed by atoms with Gasteiger partial charge in [-0.2, -0.15) is 0 Å². The molecule has 1 saturated carbocycles. The number of halogens is 4. The summed E-state index contributed by atoms with van der Waals surface area (Å²) in [6, 6.07) is 8.22. The molecule has 2 aromatic carbocycles. The van der Waals surface area contributed by atoms with Crippen molar-refractivity contribution in [1.29, 1.82) is 0 Å². The predicted octanol–water partition coefficient (Wildman–Crippen LogP) is 4.35. The van der Waals surface area contributed by atoms with Crippen molar-refractivity contribution in [2.24, 2.45) is 5.92 Å². The smallest absolute Gasteiger partial charge is 0.258 e. The van der Waals surface area contributed by atoms with Gasteiger partial charge in [0.1, 0.15) is 17.4 Å². The lowest BCUT2D eigenvalue weighted by molar-refractivity contribution is -0.138. The molecular formula is C24H26Cl2F2N2O4. The lowest BCUT2D eigenvalue weighted by Crippen LogP contribution is -2.43. The Balaban J connectivity index is 1.47. The highest BCUT2D eigenvalue weighted by molar-refractivity contribution is 6.31. The van der Waals surface area contributed by atoms with Gasteiger partial charge in [-0.15, -0.1) is 0 Å². The van der Waals surface area contributed by atoms with Crippen LogP contribution < -0.4 is 10.1 Å².